The summed E-state index contributed by atoms with van der Waals surface area (Å²) < 4.78 is 4.31. The van der Waals surface area contributed by atoms with Gasteiger partial charge in [-0.1, -0.05) is 48.5 Å². The van der Waals surface area contributed by atoms with Gasteiger partial charge in [0.1, 0.15) is 0 Å². The number of fused-ring (bicyclic) bond motifs is 6. The van der Waals surface area contributed by atoms with Gasteiger partial charge in [0.15, 0.2) is 28.4 Å². The average Bonchev–Trinajstić information content (AvgIpc) is 1.62. The van der Waals surface area contributed by atoms with Crippen molar-refractivity contribution in [1.29, 1.82) is 26.3 Å². The lowest BCUT2D eigenvalue weighted by Gasteiger charge is -2.21. The van der Waals surface area contributed by atoms with E-state index in [0.717, 1.165) is 82.6 Å². The number of rotatable bonds is 8. The third-order valence-corrected chi connectivity index (χ3v) is 16.1. The summed E-state index contributed by atoms with van der Waals surface area (Å²) in [5.74, 6) is 0. The number of nitrogens with zero attached hydrogens (tertiary/aromatic N) is 12. The molecule has 0 saturated carbocycles. The molecule has 0 bridgehead atoms. The van der Waals surface area contributed by atoms with Gasteiger partial charge in [-0.25, -0.2) is 24.2 Å². The van der Waals surface area contributed by atoms with Crippen LogP contribution in [0, 0.1) is 96.4 Å². The van der Waals surface area contributed by atoms with Gasteiger partial charge in [0.05, 0.1) is 96.5 Å². The lowest BCUT2D eigenvalue weighted by Crippen LogP contribution is -2.02. The van der Waals surface area contributed by atoms with E-state index in [1.807, 2.05) is 116 Å². The van der Waals surface area contributed by atoms with Crippen LogP contribution < -0.4 is 0 Å². The summed E-state index contributed by atoms with van der Waals surface area (Å²) in [6, 6.07) is 72.8. The van der Waals surface area contributed by atoms with Crippen LogP contribution in [0.3, 0.4) is 0 Å². The highest BCUT2D eigenvalue weighted by molar-refractivity contribution is 6.15. The largest absolute Gasteiger partial charge is 0.310 e. The molecule has 0 spiro atoms. The number of aryl methyl sites for hydroxylation is 1. The highest BCUT2D eigenvalue weighted by Crippen LogP contribution is 2.48. The van der Waals surface area contributed by atoms with Crippen molar-refractivity contribution in [3.8, 4) is 108 Å². The zero-order valence-corrected chi connectivity index (χ0v) is 46.9. The first kappa shape index (κ1) is 54.2. The van der Waals surface area contributed by atoms with Gasteiger partial charge < -0.3 is 9.13 Å². The van der Waals surface area contributed by atoms with E-state index < -0.39 is 0 Å². The number of benzene rings is 11. The summed E-state index contributed by atoms with van der Waals surface area (Å²) in [6.45, 7) is 42.5. The fourth-order valence-electron chi connectivity index (χ4n) is 12.2. The third-order valence-electron chi connectivity index (χ3n) is 16.1. The Labute approximate surface area is 510 Å². The normalized spacial score (nSPS) is 10.6. The highest BCUT2D eigenvalue weighted by atomic mass is 15.0. The van der Waals surface area contributed by atoms with Crippen LogP contribution in [0.5, 0.6) is 0 Å². The molecule has 2 aromatic heterocycles. The van der Waals surface area contributed by atoms with E-state index >= 15 is 0 Å². The van der Waals surface area contributed by atoms with E-state index in [1.54, 1.807) is 84.9 Å². The Morgan fingerprint density at radius 2 is 0.674 bits per heavy atom. The fourth-order valence-corrected chi connectivity index (χ4v) is 12.2. The predicted molar refractivity (Wildman–Crippen MR) is 347 cm³/mol. The molecule has 12 nitrogen and oxygen atoms in total. The molecule has 13 aromatic rings. The second kappa shape index (κ2) is 21.9. The van der Waals surface area contributed by atoms with E-state index in [0.29, 0.717) is 101 Å². The summed E-state index contributed by atoms with van der Waals surface area (Å²) in [5, 5.41) is 53.5. The quantitative estimate of drug-likeness (QED) is 0.139. The maximum Gasteiger partial charge on any atom is 0.197 e. The molecule has 404 valence electrons. The van der Waals surface area contributed by atoms with E-state index in [2.05, 4.69) is 69.8 Å². The Hall–Kier alpha value is -14.1. The zero-order chi connectivity index (χ0) is 61.6. The molecule has 0 amide bonds. The van der Waals surface area contributed by atoms with Gasteiger partial charge in [-0.2, -0.15) is 26.3 Å². The number of nitriles is 5. The predicted octanol–water partition coefficient (Wildman–Crippen LogP) is 20.3. The summed E-state index contributed by atoms with van der Waals surface area (Å²) in [6.07, 6.45) is 0. The Morgan fingerprint density at radius 1 is 0.303 bits per heavy atom. The molecule has 2 heterocycles. The molecule has 12 heteroatoms. The van der Waals surface area contributed by atoms with Gasteiger partial charge in [-0.05, 0) is 225 Å². The number of hydrogen-bond acceptors (Lipinski definition) is 5. The molecular weight excluding hydrogens is 1090 g/mol. The minimum Gasteiger partial charge on any atom is -0.310 e. The van der Waals surface area contributed by atoms with Crippen molar-refractivity contribution >= 4 is 72.0 Å². The van der Waals surface area contributed by atoms with Crippen molar-refractivity contribution < 1.29 is 0 Å². The van der Waals surface area contributed by atoms with Gasteiger partial charge in [-0.15, -0.1) is 0 Å². The molecule has 0 atom stereocenters. The second-order valence-corrected chi connectivity index (χ2v) is 21.2. The van der Waals surface area contributed by atoms with Crippen LogP contribution in [0.25, 0.3) is 146 Å². The van der Waals surface area contributed by atoms with Gasteiger partial charge in [0, 0.05) is 55.0 Å². The minimum absolute atomic E-state index is 0.317. The Balaban J connectivity index is 1.13. The number of aromatic nitrogens is 2. The first-order chi connectivity index (χ1) is 43.5. The molecule has 89 heavy (non-hydrogen) atoms. The summed E-state index contributed by atoms with van der Waals surface area (Å²) >= 11 is 0. The van der Waals surface area contributed by atoms with Crippen LogP contribution in [0.2, 0.25) is 0 Å². The topological polar surface area (TPSA) is 151 Å². The summed E-state index contributed by atoms with van der Waals surface area (Å²) in [4.78, 5) is 19.0. The van der Waals surface area contributed by atoms with Crippen LogP contribution >= 0.6 is 0 Å². The lowest BCUT2D eigenvalue weighted by atomic mass is 9.92. The van der Waals surface area contributed by atoms with Crippen LogP contribution in [0.4, 0.5) is 28.4 Å². The standard InChI is InChI=1S/C77H36N12/c1-45-22-46(40-78)10-16-64(45)55-15-21-75(88-71-17-11-51(56-23-47(41-79)27-60(31-56)83-2)35-65(71)66-36-52(12-18-72(66)88)57-24-48(42-80)28-61(32-57)84-3)69(39-55)77-70(87-6)8-7-9-76(77)89-73-19-13-53(58-25-49(43-81)29-62(33-58)85-4)37-67(73)68-38-54(14-20-74(68)89)59-26-50(44-82)30-63(34-59)86-5/h7-39H,1H3. The molecule has 13 rings (SSSR count). The van der Waals surface area contributed by atoms with Gasteiger partial charge in [0.25, 0.3) is 0 Å². The van der Waals surface area contributed by atoms with Crippen LogP contribution in [0.1, 0.15) is 33.4 Å². The zero-order valence-electron chi connectivity index (χ0n) is 46.9. The highest BCUT2D eigenvalue weighted by Gasteiger charge is 2.25. The molecule has 0 aliphatic rings. The van der Waals surface area contributed by atoms with Gasteiger partial charge >= 0.3 is 0 Å². The van der Waals surface area contributed by atoms with Gasteiger partial charge in [-0.3, -0.25) is 0 Å². The second-order valence-electron chi connectivity index (χ2n) is 21.2. The molecule has 0 aliphatic heterocycles. The molecule has 0 fully saturated rings. The molecule has 0 radical (unpaired) electrons. The lowest BCUT2D eigenvalue weighted by molar-refractivity contribution is 1.16. The SMILES string of the molecule is [C-]#[N+]c1cc(C#N)cc(-c2ccc3c(c2)c2cc(-c4cc(C#N)cc([N+]#[C-])c4)ccc2n3-c2ccc(-c3ccc(C#N)cc3C)cc2-c2c([N+]#[C-])cccc2-n2c3ccc(-c4cc(C#N)cc([N+]#[C-])c4)cc3c3cc(-c4cc(C#N)cc([N+]#[C-])c4)ccc32)c1. The van der Waals surface area contributed by atoms with Crippen LogP contribution in [0.15, 0.2) is 200 Å². The van der Waals surface area contributed by atoms with Crippen molar-refractivity contribution in [3.05, 3.63) is 291 Å². The van der Waals surface area contributed by atoms with Crippen molar-refractivity contribution in [1.82, 2.24) is 9.13 Å². The van der Waals surface area contributed by atoms with Crippen molar-refractivity contribution in [3.63, 3.8) is 0 Å². The Bertz CT molecular complexity index is 5390. The average molecular weight is 1130 g/mol. The molecule has 0 N–H and O–H groups in total. The van der Waals surface area contributed by atoms with E-state index in [-0.39, 0.29) is 0 Å². The van der Waals surface area contributed by atoms with E-state index in [1.165, 1.54) is 0 Å². The van der Waals surface area contributed by atoms with Crippen molar-refractivity contribution in [2.75, 3.05) is 0 Å². The first-order valence-electron chi connectivity index (χ1n) is 27.5. The van der Waals surface area contributed by atoms with E-state index in [4.69, 9.17) is 32.9 Å². The van der Waals surface area contributed by atoms with Gasteiger partial charge in [0.2, 0.25) is 0 Å². The van der Waals surface area contributed by atoms with Crippen molar-refractivity contribution in [2.45, 2.75) is 6.92 Å². The van der Waals surface area contributed by atoms with E-state index in [9.17, 15) is 26.3 Å². The Kier molecular flexibility index (Phi) is 13.3. The fraction of sp³-hybridized carbons (Fsp3) is 0.0130. The summed E-state index contributed by atoms with van der Waals surface area (Å²) in [5.41, 5.74) is 17.4. The molecule has 0 unspecified atom stereocenters. The third kappa shape index (κ3) is 9.38. The monoisotopic (exact) mass is 1130 g/mol. The van der Waals surface area contributed by atoms with Crippen molar-refractivity contribution in [2.24, 2.45) is 0 Å². The number of hydrogen-bond donors (Lipinski definition) is 0. The maximum atomic E-state index is 10.1. The molecule has 0 saturated heterocycles. The maximum absolute atomic E-state index is 10.1. The molecular formula is C77H36N12. The minimum atomic E-state index is 0.317. The molecule has 0 aliphatic carbocycles. The first-order valence-corrected chi connectivity index (χ1v) is 27.5. The molecule has 11 aromatic carbocycles. The van der Waals surface area contributed by atoms with Crippen LogP contribution in [-0.2, 0) is 0 Å². The Morgan fingerprint density at radius 3 is 1.02 bits per heavy atom. The smallest absolute Gasteiger partial charge is 0.197 e. The summed E-state index contributed by atoms with van der Waals surface area (Å²) in [7, 11) is 0. The van der Waals surface area contributed by atoms with Crippen LogP contribution in [-0.4, -0.2) is 9.13 Å².